The third-order valence-corrected chi connectivity index (χ3v) is 3.22. The second kappa shape index (κ2) is 5.18. The fourth-order valence-corrected chi connectivity index (χ4v) is 2.52. The maximum atomic E-state index is 5.56. The van der Waals surface area contributed by atoms with Gasteiger partial charge in [-0.05, 0) is 26.0 Å². The molecule has 3 rings (SSSR count). The minimum atomic E-state index is 0. The number of anilines is 2. The maximum Gasteiger partial charge on any atom is 0.205 e. The molecule has 0 saturated carbocycles. The summed E-state index contributed by atoms with van der Waals surface area (Å²) < 4.78 is 5.56. The molecule has 0 aliphatic carbocycles. The van der Waals surface area contributed by atoms with E-state index in [0.29, 0.717) is 6.61 Å². The Bertz CT molecular complexity index is 475. The van der Waals surface area contributed by atoms with Crippen LogP contribution in [-0.2, 0) is 0 Å². The lowest BCUT2D eigenvalue weighted by Crippen LogP contribution is -2.35. The van der Waals surface area contributed by atoms with E-state index in [1.165, 1.54) is 11.4 Å². The van der Waals surface area contributed by atoms with Gasteiger partial charge in [-0.3, -0.25) is 4.99 Å². The summed E-state index contributed by atoms with van der Waals surface area (Å²) in [4.78, 5) is 9.11. The van der Waals surface area contributed by atoms with Crippen molar-refractivity contribution in [2.24, 2.45) is 4.99 Å². The number of hydrogen-bond donors (Lipinski definition) is 0. The third-order valence-electron chi connectivity index (χ3n) is 3.22. The molecule has 0 saturated heterocycles. The zero-order valence-electron chi connectivity index (χ0n) is 10.7. The van der Waals surface area contributed by atoms with Crippen LogP contribution >= 0.6 is 17.0 Å². The van der Waals surface area contributed by atoms with Gasteiger partial charge < -0.3 is 14.5 Å². The fourth-order valence-electron chi connectivity index (χ4n) is 2.52. The summed E-state index contributed by atoms with van der Waals surface area (Å²) >= 11 is 0. The molecular weight excluding hydrogens is 294 g/mol. The standard InChI is InChI=1S/C13H17N3O.BrH/c1-3-15-11-6-5-10(17-4-2)9-12(11)16-8-7-14-13(15)16;/h5-6,9H,3-4,7-8H2,1-2H3;1H. The molecule has 0 aromatic heterocycles. The van der Waals surface area contributed by atoms with Crippen LogP contribution in [0, 0.1) is 0 Å². The van der Waals surface area contributed by atoms with E-state index in [4.69, 9.17) is 4.74 Å². The van der Waals surface area contributed by atoms with Gasteiger partial charge in [0.25, 0.3) is 0 Å². The number of rotatable bonds is 3. The molecule has 2 aliphatic heterocycles. The van der Waals surface area contributed by atoms with Gasteiger partial charge in [-0.1, -0.05) is 0 Å². The van der Waals surface area contributed by atoms with Crippen LogP contribution in [-0.4, -0.2) is 32.2 Å². The van der Waals surface area contributed by atoms with Gasteiger partial charge in [0, 0.05) is 19.2 Å². The Hall–Kier alpha value is -1.23. The number of aliphatic imine (C=N–C) groups is 1. The second-order valence-corrected chi connectivity index (χ2v) is 4.16. The molecular formula is C13H18BrN3O. The summed E-state index contributed by atoms with van der Waals surface area (Å²) in [6.45, 7) is 7.70. The Balaban J connectivity index is 0.00000120. The molecule has 0 unspecified atom stereocenters. The van der Waals surface area contributed by atoms with Gasteiger partial charge in [-0.15, -0.1) is 17.0 Å². The second-order valence-electron chi connectivity index (χ2n) is 4.16. The van der Waals surface area contributed by atoms with Crippen molar-refractivity contribution in [2.45, 2.75) is 13.8 Å². The molecule has 5 heteroatoms. The van der Waals surface area contributed by atoms with Crippen LogP contribution < -0.4 is 14.5 Å². The summed E-state index contributed by atoms with van der Waals surface area (Å²) in [5.41, 5.74) is 2.48. The van der Waals surface area contributed by atoms with Gasteiger partial charge in [0.1, 0.15) is 5.75 Å². The monoisotopic (exact) mass is 311 g/mol. The highest BCUT2D eigenvalue weighted by Crippen LogP contribution is 2.40. The molecule has 4 nitrogen and oxygen atoms in total. The van der Waals surface area contributed by atoms with Gasteiger partial charge >= 0.3 is 0 Å². The molecule has 1 aromatic rings. The molecule has 0 radical (unpaired) electrons. The minimum Gasteiger partial charge on any atom is -0.494 e. The number of hydrogen-bond acceptors (Lipinski definition) is 4. The maximum absolute atomic E-state index is 5.56. The quantitative estimate of drug-likeness (QED) is 0.859. The van der Waals surface area contributed by atoms with Crippen LogP contribution in [0.1, 0.15) is 13.8 Å². The van der Waals surface area contributed by atoms with E-state index in [1.807, 2.05) is 13.0 Å². The Labute approximate surface area is 118 Å². The van der Waals surface area contributed by atoms with Gasteiger partial charge in [-0.25, -0.2) is 0 Å². The lowest BCUT2D eigenvalue weighted by molar-refractivity contribution is 0.340. The average Bonchev–Trinajstić information content (AvgIpc) is 2.89. The lowest BCUT2D eigenvalue weighted by atomic mass is 10.2. The van der Waals surface area contributed by atoms with E-state index in [-0.39, 0.29) is 17.0 Å². The molecule has 2 aliphatic rings. The smallest absolute Gasteiger partial charge is 0.205 e. The van der Waals surface area contributed by atoms with Crippen LogP contribution in [0.5, 0.6) is 5.75 Å². The van der Waals surface area contributed by atoms with Crippen LogP contribution in [0.3, 0.4) is 0 Å². The third kappa shape index (κ3) is 1.86. The molecule has 1 aromatic carbocycles. The van der Waals surface area contributed by atoms with E-state index in [1.54, 1.807) is 0 Å². The van der Waals surface area contributed by atoms with Crippen LogP contribution in [0.4, 0.5) is 11.4 Å². The van der Waals surface area contributed by atoms with E-state index >= 15 is 0 Å². The summed E-state index contributed by atoms with van der Waals surface area (Å²) in [6.07, 6.45) is 0. The number of nitrogens with zero attached hydrogens (tertiary/aromatic N) is 3. The molecule has 0 amide bonds. The Kier molecular flexibility index (Phi) is 3.80. The Morgan fingerprint density at radius 2 is 2.11 bits per heavy atom. The van der Waals surface area contributed by atoms with Gasteiger partial charge in [0.2, 0.25) is 5.96 Å². The van der Waals surface area contributed by atoms with E-state index in [0.717, 1.165) is 31.3 Å². The van der Waals surface area contributed by atoms with Gasteiger partial charge in [-0.2, -0.15) is 0 Å². The highest BCUT2D eigenvalue weighted by molar-refractivity contribution is 8.93. The number of ether oxygens (including phenoxy) is 1. The molecule has 18 heavy (non-hydrogen) atoms. The first-order valence-corrected chi connectivity index (χ1v) is 6.21. The predicted octanol–water partition coefficient (Wildman–Crippen LogP) is 2.68. The topological polar surface area (TPSA) is 28.1 Å². The van der Waals surface area contributed by atoms with Crippen molar-refractivity contribution >= 4 is 34.3 Å². The van der Waals surface area contributed by atoms with Crippen molar-refractivity contribution in [3.8, 4) is 5.75 Å². The predicted molar refractivity (Wildman–Crippen MR) is 80.6 cm³/mol. The summed E-state index contributed by atoms with van der Waals surface area (Å²) in [5.74, 6) is 2.03. The number of guanidine groups is 1. The van der Waals surface area contributed by atoms with Gasteiger partial charge in [0.05, 0.1) is 24.5 Å². The highest BCUT2D eigenvalue weighted by Gasteiger charge is 2.34. The Morgan fingerprint density at radius 3 is 2.83 bits per heavy atom. The number of benzene rings is 1. The van der Waals surface area contributed by atoms with Crippen molar-refractivity contribution in [3.63, 3.8) is 0 Å². The summed E-state index contributed by atoms with van der Waals surface area (Å²) in [7, 11) is 0. The van der Waals surface area contributed by atoms with Crippen molar-refractivity contribution in [3.05, 3.63) is 18.2 Å². The molecule has 0 atom stereocenters. The zero-order valence-corrected chi connectivity index (χ0v) is 12.4. The van der Waals surface area contributed by atoms with Crippen molar-refractivity contribution in [1.82, 2.24) is 0 Å². The lowest BCUT2D eigenvalue weighted by Gasteiger charge is -2.16. The first-order chi connectivity index (χ1) is 8.35. The van der Waals surface area contributed by atoms with Crippen molar-refractivity contribution in [1.29, 1.82) is 0 Å². The average molecular weight is 312 g/mol. The van der Waals surface area contributed by atoms with Crippen LogP contribution in [0.25, 0.3) is 0 Å². The normalized spacial score (nSPS) is 16.0. The van der Waals surface area contributed by atoms with Crippen molar-refractivity contribution in [2.75, 3.05) is 36.0 Å². The van der Waals surface area contributed by atoms with Crippen LogP contribution in [0.15, 0.2) is 23.2 Å². The fraction of sp³-hybridized carbons (Fsp3) is 0.462. The summed E-state index contributed by atoms with van der Waals surface area (Å²) in [6, 6.07) is 6.29. The largest absolute Gasteiger partial charge is 0.494 e. The molecule has 0 N–H and O–H groups in total. The van der Waals surface area contributed by atoms with Gasteiger partial charge in [0.15, 0.2) is 0 Å². The zero-order chi connectivity index (χ0) is 11.8. The molecule has 0 spiro atoms. The SMILES string of the molecule is Br.CCOc1ccc2c(c1)N1CCN=C1N2CC. The molecule has 2 heterocycles. The number of fused-ring (bicyclic) bond motifs is 3. The van der Waals surface area contributed by atoms with Crippen molar-refractivity contribution < 1.29 is 4.74 Å². The number of halogens is 1. The minimum absolute atomic E-state index is 0. The molecule has 0 bridgehead atoms. The first-order valence-electron chi connectivity index (χ1n) is 6.21. The molecule has 0 fully saturated rings. The van der Waals surface area contributed by atoms with E-state index in [2.05, 4.69) is 33.8 Å². The Morgan fingerprint density at radius 1 is 1.28 bits per heavy atom. The summed E-state index contributed by atoms with van der Waals surface area (Å²) in [5, 5.41) is 0. The molecule has 98 valence electrons. The van der Waals surface area contributed by atoms with E-state index < -0.39 is 0 Å². The van der Waals surface area contributed by atoms with Crippen LogP contribution in [0.2, 0.25) is 0 Å². The highest BCUT2D eigenvalue weighted by atomic mass is 79.9. The van der Waals surface area contributed by atoms with E-state index in [9.17, 15) is 0 Å². The first kappa shape index (κ1) is 13.2.